The van der Waals surface area contributed by atoms with Gasteiger partial charge in [0.1, 0.15) is 0 Å². The number of aliphatic hydroxyl groups is 1. The van der Waals surface area contributed by atoms with E-state index >= 15 is 0 Å². The SMILES string of the molecule is Cc1cc(C(C)(C)O)sc1Cl. The molecule has 1 aromatic rings. The number of hydrogen-bond donors (Lipinski definition) is 1. The monoisotopic (exact) mass is 190 g/mol. The summed E-state index contributed by atoms with van der Waals surface area (Å²) in [4.78, 5) is 0.917. The van der Waals surface area contributed by atoms with Gasteiger partial charge in [0, 0.05) is 4.88 Å². The van der Waals surface area contributed by atoms with E-state index < -0.39 is 5.60 Å². The van der Waals surface area contributed by atoms with Crippen molar-refractivity contribution in [3.8, 4) is 0 Å². The first kappa shape index (κ1) is 9.04. The molecule has 1 N–H and O–H groups in total. The van der Waals surface area contributed by atoms with E-state index in [4.69, 9.17) is 11.6 Å². The zero-order valence-electron chi connectivity index (χ0n) is 6.81. The molecule has 0 radical (unpaired) electrons. The first-order valence-corrected chi connectivity index (χ1v) is 4.59. The fourth-order valence-electron chi connectivity index (χ4n) is 0.761. The van der Waals surface area contributed by atoms with E-state index in [1.165, 1.54) is 11.3 Å². The highest BCUT2D eigenvalue weighted by molar-refractivity contribution is 7.16. The minimum atomic E-state index is -0.761. The van der Waals surface area contributed by atoms with Gasteiger partial charge in [-0.15, -0.1) is 11.3 Å². The van der Waals surface area contributed by atoms with E-state index in [-0.39, 0.29) is 0 Å². The molecule has 0 atom stereocenters. The molecular weight excluding hydrogens is 180 g/mol. The standard InChI is InChI=1S/C8H11ClOS/c1-5-4-6(8(2,3)10)11-7(5)9/h4,10H,1-3H3. The van der Waals surface area contributed by atoms with Crippen molar-refractivity contribution in [3.05, 3.63) is 20.8 Å². The molecule has 0 aliphatic rings. The lowest BCUT2D eigenvalue weighted by atomic mass is 10.1. The molecule has 0 aliphatic heterocycles. The van der Waals surface area contributed by atoms with Gasteiger partial charge in [0.25, 0.3) is 0 Å². The first-order chi connectivity index (χ1) is 4.91. The summed E-state index contributed by atoms with van der Waals surface area (Å²) in [5.74, 6) is 0. The third-order valence-electron chi connectivity index (χ3n) is 1.46. The van der Waals surface area contributed by atoms with Crippen LogP contribution in [-0.4, -0.2) is 5.11 Å². The average Bonchev–Trinajstić information content (AvgIpc) is 2.11. The highest BCUT2D eigenvalue weighted by Crippen LogP contribution is 2.33. The third-order valence-corrected chi connectivity index (χ3v) is 3.33. The molecule has 0 saturated heterocycles. The summed E-state index contributed by atoms with van der Waals surface area (Å²) < 4.78 is 0.766. The summed E-state index contributed by atoms with van der Waals surface area (Å²) in [6.45, 7) is 5.46. The van der Waals surface area contributed by atoms with E-state index in [0.29, 0.717) is 0 Å². The Bertz CT molecular complexity index is 240. The molecule has 0 bridgehead atoms. The van der Waals surface area contributed by atoms with E-state index in [2.05, 4.69) is 0 Å². The highest BCUT2D eigenvalue weighted by atomic mass is 35.5. The van der Waals surface area contributed by atoms with Crippen LogP contribution in [-0.2, 0) is 5.60 Å². The van der Waals surface area contributed by atoms with Crippen LogP contribution in [0.4, 0.5) is 0 Å². The quantitative estimate of drug-likeness (QED) is 0.722. The second-order valence-corrected chi connectivity index (χ2v) is 4.78. The summed E-state index contributed by atoms with van der Waals surface area (Å²) in [5.41, 5.74) is 0.275. The van der Waals surface area contributed by atoms with Gasteiger partial charge in [0.05, 0.1) is 9.94 Å². The van der Waals surface area contributed by atoms with E-state index in [1.807, 2.05) is 13.0 Å². The van der Waals surface area contributed by atoms with Crippen molar-refractivity contribution in [2.75, 3.05) is 0 Å². The summed E-state index contributed by atoms with van der Waals surface area (Å²) in [6, 6.07) is 1.92. The first-order valence-electron chi connectivity index (χ1n) is 3.40. The highest BCUT2D eigenvalue weighted by Gasteiger charge is 2.19. The maximum absolute atomic E-state index is 9.58. The fourth-order valence-corrected chi connectivity index (χ4v) is 1.96. The van der Waals surface area contributed by atoms with Crippen molar-refractivity contribution in [2.45, 2.75) is 26.4 Å². The van der Waals surface area contributed by atoms with Gasteiger partial charge >= 0.3 is 0 Å². The fraction of sp³-hybridized carbons (Fsp3) is 0.500. The molecule has 0 spiro atoms. The Morgan fingerprint density at radius 3 is 2.27 bits per heavy atom. The Morgan fingerprint density at radius 2 is 2.09 bits per heavy atom. The molecule has 0 amide bonds. The maximum atomic E-state index is 9.58. The lowest BCUT2D eigenvalue weighted by molar-refractivity contribution is 0.0825. The Kier molecular flexibility index (Phi) is 2.28. The van der Waals surface area contributed by atoms with Crippen molar-refractivity contribution < 1.29 is 5.11 Å². The van der Waals surface area contributed by atoms with Crippen LogP contribution in [0.5, 0.6) is 0 Å². The van der Waals surface area contributed by atoms with Gasteiger partial charge in [-0.05, 0) is 32.4 Å². The molecule has 3 heteroatoms. The van der Waals surface area contributed by atoms with Crippen LogP contribution in [0.1, 0.15) is 24.3 Å². The normalized spacial score (nSPS) is 12.1. The zero-order valence-corrected chi connectivity index (χ0v) is 8.38. The molecule has 0 fully saturated rings. The molecule has 0 unspecified atom stereocenters. The summed E-state index contributed by atoms with van der Waals surface area (Å²) in [6.07, 6.45) is 0. The van der Waals surface area contributed by atoms with Crippen LogP contribution in [0.2, 0.25) is 4.34 Å². The lowest BCUT2D eigenvalue weighted by Crippen LogP contribution is -2.12. The summed E-state index contributed by atoms with van der Waals surface area (Å²) in [5, 5.41) is 9.58. The molecule has 1 heterocycles. The molecule has 1 aromatic heterocycles. The van der Waals surface area contributed by atoms with Crippen LogP contribution < -0.4 is 0 Å². The predicted molar refractivity (Wildman–Crippen MR) is 49.3 cm³/mol. The van der Waals surface area contributed by atoms with Crippen molar-refractivity contribution in [3.63, 3.8) is 0 Å². The Labute approximate surface area is 75.6 Å². The van der Waals surface area contributed by atoms with Crippen molar-refractivity contribution >= 4 is 22.9 Å². The average molecular weight is 191 g/mol. The second kappa shape index (κ2) is 2.77. The van der Waals surface area contributed by atoms with Gasteiger partial charge in [0.2, 0.25) is 0 Å². The van der Waals surface area contributed by atoms with E-state index in [0.717, 1.165) is 14.8 Å². The topological polar surface area (TPSA) is 20.2 Å². The van der Waals surface area contributed by atoms with Crippen molar-refractivity contribution in [1.29, 1.82) is 0 Å². The Hall–Kier alpha value is -0.0500. The van der Waals surface area contributed by atoms with Gasteiger partial charge in [-0.3, -0.25) is 0 Å². The zero-order chi connectivity index (χ0) is 8.65. The minimum Gasteiger partial charge on any atom is -0.385 e. The van der Waals surface area contributed by atoms with Crippen molar-refractivity contribution in [2.24, 2.45) is 0 Å². The van der Waals surface area contributed by atoms with Crippen LogP contribution >= 0.6 is 22.9 Å². The molecule has 1 rings (SSSR count). The summed E-state index contributed by atoms with van der Waals surface area (Å²) in [7, 11) is 0. The maximum Gasteiger partial charge on any atom is 0.0961 e. The van der Waals surface area contributed by atoms with Gasteiger partial charge in [-0.1, -0.05) is 11.6 Å². The number of hydrogen-bond acceptors (Lipinski definition) is 2. The Morgan fingerprint density at radius 1 is 1.55 bits per heavy atom. The van der Waals surface area contributed by atoms with E-state index in [9.17, 15) is 5.11 Å². The van der Waals surface area contributed by atoms with Gasteiger partial charge < -0.3 is 5.11 Å². The van der Waals surface area contributed by atoms with Crippen LogP contribution in [0.25, 0.3) is 0 Å². The number of thiophene rings is 1. The molecule has 1 nitrogen and oxygen atoms in total. The van der Waals surface area contributed by atoms with E-state index in [1.54, 1.807) is 13.8 Å². The second-order valence-electron chi connectivity index (χ2n) is 3.13. The summed E-state index contributed by atoms with van der Waals surface area (Å²) >= 11 is 7.28. The third kappa shape index (κ3) is 1.95. The largest absolute Gasteiger partial charge is 0.385 e. The molecule has 0 aliphatic carbocycles. The lowest BCUT2D eigenvalue weighted by Gasteiger charge is -2.13. The molecule has 0 aromatic carbocycles. The number of rotatable bonds is 1. The van der Waals surface area contributed by atoms with Crippen LogP contribution in [0.3, 0.4) is 0 Å². The molecular formula is C8H11ClOS. The van der Waals surface area contributed by atoms with Gasteiger partial charge in [-0.2, -0.15) is 0 Å². The van der Waals surface area contributed by atoms with Crippen molar-refractivity contribution in [1.82, 2.24) is 0 Å². The van der Waals surface area contributed by atoms with Gasteiger partial charge in [0.15, 0.2) is 0 Å². The van der Waals surface area contributed by atoms with Crippen LogP contribution in [0, 0.1) is 6.92 Å². The molecule has 11 heavy (non-hydrogen) atoms. The number of aryl methyl sites for hydroxylation is 1. The molecule has 62 valence electrons. The number of halogens is 1. The van der Waals surface area contributed by atoms with Gasteiger partial charge in [-0.25, -0.2) is 0 Å². The Balaban J connectivity index is 3.08. The molecule has 0 saturated carbocycles. The predicted octanol–water partition coefficient (Wildman–Crippen LogP) is 2.94. The van der Waals surface area contributed by atoms with Crippen LogP contribution in [0.15, 0.2) is 6.07 Å². The smallest absolute Gasteiger partial charge is 0.0961 e. The minimum absolute atomic E-state index is 0.761.